The van der Waals surface area contributed by atoms with Crippen LogP contribution in [0.1, 0.15) is 52.1 Å². The molecular formula is C21H35IN4O3. The van der Waals surface area contributed by atoms with Crippen LogP contribution in [0, 0.1) is 0 Å². The summed E-state index contributed by atoms with van der Waals surface area (Å²) < 4.78 is 11.4. The number of rotatable bonds is 9. The molecule has 1 aliphatic rings. The first-order valence-corrected chi connectivity index (χ1v) is 10.3. The van der Waals surface area contributed by atoms with Crippen LogP contribution >= 0.6 is 24.0 Å². The van der Waals surface area contributed by atoms with Gasteiger partial charge in [-0.05, 0) is 58.2 Å². The molecule has 1 saturated heterocycles. The Morgan fingerprint density at radius 2 is 1.79 bits per heavy atom. The maximum absolute atomic E-state index is 12.3. The number of nitrogens with zero attached hydrogens (tertiary/aromatic N) is 2. The molecule has 7 nitrogen and oxygen atoms in total. The van der Waals surface area contributed by atoms with Crippen molar-refractivity contribution < 1.29 is 14.3 Å². The number of carbonyl (C=O) groups is 1. The number of guanidine groups is 1. The predicted octanol–water partition coefficient (Wildman–Crippen LogP) is 3.34. The number of ether oxygens (including phenoxy) is 2. The molecule has 1 atom stereocenters. The molecule has 0 radical (unpaired) electrons. The second-order valence-corrected chi connectivity index (χ2v) is 6.72. The van der Waals surface area contributed by atoms with Crippen LogP contribution in [0.25, 0.3) is 0 Å². The maximum atomic E-state index is 12.3. The third-order valence-electron chi connectivity index (χ3n) is 4.60. The summed E-state index contributed by atoms with van der Waals surface area (Å²) in [5, 5.41) is 6.59. The van der Waals surface area contributed by atoms with E-state index in [1.165, 1.54) is 0 Å². The normalized spacial score (nSPS) is 14.8. The molecule has 1 fully saturated rings. The van der Waals surface area contributed by atoms with E-state index in [0.29, 0.717) is 19.2 Å². The monoisotopic (exact) mass is 518 g/mol. The summed E-state index contributed by atoms with van der Waals surface area (Å²) in [7, 11) is 0. The second kappa shape index (κ2) is 13.5. The molecular weight excluding hydrogens is 483 g/mol. The van der Waals surface area contributed by atoms with Crippen LogP contribution in [0.15, 0.2) is 23.2 Å². The Hall–Kier alpha value is -1.71. The van der Waals surface area contributed by atoms with Crippen molar-refractivity contribution in [2.45, 2.75) is 46.6 Å². The minimum Gasteiger partial charge on any atom is -0.490 e. The lowest BCUT2D eigenvalue weighted by Crippen LogP contribution is -2.40. The van der Waals surface area contributed by atoms with Gasteiger partial charge in [0, 0.05) is 19.6 Å². The van der Waals surface area contributed by atoms with Crippen LogP contribution < -0.4 is 20.1 Å². The van der Waals surface area contributed by atoms with E-state index < -0.39 is 0 Å². The molecule has 29 heavy (non-hydrogen) atoms. The fourth-order valence-electron chi connectivity index (χ4n) is 3.16. The first kappa shape index (κ1) is 25.3. The number of likely N-dealkylation sites (tertiary alicyclic amines) is 1. The lowest BCUT2D eigenvalue weighted by atomic mass is 10.1. The van der Waals surface area contributed by atoms with Crippen molar-refractivity contribution >= 4 is 35.8 Å². The van der Waals surface area contributed by atoms with Crippen molar-refractivity contribution in [3.8, 4) is 11.5 Å². The number of aliphatic imine (C=N–C) groups is 1. The molecule has 1 aromatic carbocycles. The number of nitrogens with one attached hydrogen (secondary N) is 2. The van der Waals surface area contributed by atoms with E-state index in [-0.39, 0.29) is 42.5 Å². The molecule has 1 amide bonds. The molecule has 0 aliphatic carbocycles. The van der Waals surface area contributed by atoms with Crippen molar-refractivity contribution in [2.24, 2.45) is 4.99 Å². The number of amides is 1. The van der Waals surface area contributed by atoms with Crippen molar-refractivity contribution in [3.05, 3.63) is 23.8 Å². The van der Waals surface area contributed by atoms with E-state index in [1.54, 1.807) is 0 Å². The van der Waals surface area contributed by atoms with Crippen molar-refractivity contribution in [1.29, 1.82) is 0 Å². The number of benzene rings is 1. The Labute approximate surface area is 191 Å². The van der Waals surface area contributed by atoms with Gasteiger partial charge >= 0.3 is 0 Å². The molecule has 0 aromatic heterocycles. The second-order valence-electron chi connectivity index (χ2n) is 6.72. The van der Waals surface area contributed by atoms with E-state index in [9.17, 15) is 4.79 Å². The zero-order chi connectivity index (χ0) is 20.4. The first-order chi connectivity index (χ1) is 13.6. The zero-order valence-electron chi connectivity index (χ0n) is 18.0. The predicted molar refractivity (Wildman–Crippen MR) is 128 cm³/mol. The third kappa shape index (κ3) is 7.91. The molecule has 0 bridgehead atoms. The van der Waals surface area contributed by atoms with Crippen LogP contribution in [0.5, 0.6) is 11.5 Å². The van der Waals surface area contributed by atoms with Crippen LogP contribution in [0.2, 0.25) is 0 Å². The molecule has 2 N–H and O–H groups in total. The van der Waals surface area contributed by atoms with Crippen LogP contribution in [0.3, 0.4) is 0 Å². The molecule has 8 heteroatoms. The summed E-state index contributed by atoms with van der Waals surface area (Å²) in [5.41, 5.74) is 1.06. The van der Waals surface area contributed by atoms with Crippen LogP contribution in [0.4, 0.5) is 0 Å². The summed E-state index contributed by atoms with van der Waals surface area (Å²) in [6, 6.07) is 5.94. The smallest absolute Gasteiger partial charge is 0.244 e. The highest BCUT2D eigenvalue weighted by Gasteiger charge is 2.18. The van der Waals surface area contributed by atoms with E-state index in [4.69, 9.17) is 9.47 Å². The molecule has 0 spiro atoms. The maximum Gasteiger partial charge on any atom is 0.244 e. The molecule has 1 heterocycles. The van der Waals surface area contributed by atoms with Gasteiger partial charge in [0.05, 0.1) is 19.3 Å². The van der Waals surface area contributed by atoms with E-state index >= 15 is 0 Å². The van der Waals surface area contributed by atoms with Crippen molar-refractivity contribution in [1.82, 2.24) is 15.5 Å². The van der Waals surface area contributed by atoms with Gasteiger partial charge in [0.25, 0.3) is 0 Å². The van der Waals surface area contributed by atoms with Gasteiger partial charge in [0.15, 0.2) is 17.5 Å². The molecule has 1 aliphatic heterocycles. The number of hydrogen-bond donors (Lipinski definition) is 2. The summed E-state index contributed by atoms with van der Waals surface area (Å²) >= 11 is 0. The minimum absolute atomic E-state index is 0. The molecule has 0 saturated carbocycles. The van der Waals surface area contributed by atoms with Gasteiger partial charge in [-0.1, -0.05) is 6.07 Å². The Morgan fingerprint density at radius 3 is 2.41 bits per heavy atom. The van der Waals surface area contributed by atoms with E-state index in [1.807, 2.05) is 43.9 Å². The van der Waals surface area contributed by atoms with Gasteiger partial charge in [0.1, 0.15) is 6.54 Å². The lowest BCUT2D eigenvalue weighted by molar-refractivity contribution is -0.128. The van der Waals surface area contributed by atoms with Gasteiger partial charge in [-0.2, -0.15) is 0 Å². The Balaban J connectivity index is 0.00000420. The quantitative estimate of drug-likeness (QED) is 0.298. The Kier molecular flexibility index (Phi) is 11.8. The average molecular weight is 518 g/mol. The minimum atomic E-state index is -0.00503. The highest BCUT2D eigenvalue weighted by Crippen LogP contribution is 2.30. The number of halogens is 1. The standard InChI is InChI=1S/C21H34N4O3.HI/c1-5-22-21(23-15-20(26)25-12-8-9-13-25)24-16(4)17-10-11-18(27-6-2)19(14-17)28-7-3;/h10-11,14,16H,5-9,12-13,15H2,1-4H3,(H2,22,23,24);1H. The van der Waals surface area contributed by atoms with Gasteiger partial charge in [-0.25, -0.2) is 4.99 Å². The molecule has 2 rings (SSSR count). The summed E-state index contributed by atoms with van der Waals surface area (Å²) in [4.78, 5) is 18.6. The van der Waals surface area contributed by atoms with E-state index in [2.05, 4.69) is 22.5 Å². The number of carbonyl (C=O) groups excluding carboxylic acids is 1. The van der Waals surface area contributed by atoms with Crippen molar-refractivity contribution in [2.75, 3.05) is 39.4 Å². The third-order valence-corrected chi connectivity index (χ3v) is 4.60. The molecule has 1 unspecified atom stereocenters. The van der Waals surface area contributed by atoms with Crippen LogP contribution in [-0.2, 0) is 4.79 Å². The molecule has 1 aromatic rings. The molecule has 164 valence electrons. The Bertz CT molecular complexity index is 663. The lowest BCUT2D eigenvalue weighted by Gasteiger charge is -2.20. The van der Waals surface area contributed by atoms with Gasteiger partial charge in [0.2, 0.25) is 5.91 Å². The van der Waals surface area contributed by atoms with Gasteiger partial charge in [-0.3, -0.25) is 4.79 Å². The SMILES string of the molecule is CCNC(=NCC(=O)N1CCCC1)NC(C)c1ccc(OCC)c(OCC)c1.I. The number of hydrogen-bond acceptors (Lipinski definition) is 4. The summed E-state index contributed by atoms with van der Waals surface area (Å²) in [6.07, 6.45) is 2.18. The highest BCUT2D eigenvalue weighted by molar-refractivity contribution is 14.0. The first-order valence-electron chi connectivity index (χ1n) is 10.3. The zero-order valence-corrected chi connectivity index (χ0v) is 20.3. The fraction of sp³-hybridized carbons (Fsp3) is 0.619. The van der Waals surface area contributed by atoms with Gasteiger partial charge < -0.3 is 25.0 Å². The summed E-state index contributed by atoms with van der Waals surface area (Å²) in [6.45, 7) is 11.7. The summed E-state index contributed by atoms with van der Waals surface area (Å²) in [5.74, 6) is 2.20. The van der Waals surface area contributed by atoms with E-state index in [0.717, 1.165) is 49.5 Å². The fourth-order valence-corrected chi connectivity index (χ4v) is 3.16. The highest BCUT2D eigenvalue weighted by atomic mass is 127. The topological polar surface area (TPSA) is 75.2 Å². The Morgan fingerprint density at radius 1 is 1.14 bits per heavy atom. The largest absolute Gasteiger partial charge is 0.490 e. The average Bonchev–Trinajstić information content (AvgIpc) is 3.22. The van der Waals surface area contributed by atoms with Gasteiger partial charge in [-0.15, -0.1) is 24.0 Å². The van der Waals surface area contributed by atoms with Crippen LogP contribution in [-0.4, -0.2) is 56.2 Å². The van der Waals surface area contributed by atoms with Crippen molar-refractivity contribution in [3.63, 3.8) is 0 Å².